The molecule has 0 saturated carbocycles. The number of anilines is 4. The molecule has 4 aliphatic heterocycles. The van der Waals surface area contributed by atoms with Crippen LogP contribution < -0.4 is 16.0 Å². The van der Waals surface area contributed by atoms with Gasteiger partial charge in [0.2, 0.25) is 17.8 Å². The quantitative estimate of drug-likeness (QED) is 0.220. The Morgan fingerprint density at radius 2 is 1.68 bits per heavy atom. The van der Waals surface area contributed by atoms with Crippen molar-refractivity contribution in [3.63, 3.8) is 0 Å². The zero-order valence-electron chi connectivity index (χ0n) is 32.0. The van der Waals surface area contributed by atoms with Gasteiger partial charge in [-0.2, -0.15) is 10.1 Å². The van der Waals surface area contributed by atoms with Crippen LogP contribution in [0.3, 0.4) is 0 Å². The van der Waals surface area contributed by atoms with E-state index in [2.05, 4.69) is 81.0 Å². The lowest BCUT2D eigenvalue weighted by Gasteiger charge is -2.39. The number of aromatic nitrogens is 4. The molecule has 14 nitrogen and oxygen atoms in total. The summed E-state index contributed by atoms with van der Waals surface area (Å²) in [4.78, 5) is 66.2. The number of carbonyl (C=O) groups is 4. The van der Waals surface area contributed by atoms with E-state index in [9.17, 15) is 19.2 Å². The first-order valence-electron chi connectivity index (χ1n) is 19.6. The lowest BCUT2D eigenvalue weighted by atomic mass is 9.90. The van der Waals surface area contributed by atoms with Crippen molar-refractivity contribution < 1.29 is 19.2 Å². The summed E-state index contributed by atoms with van der Waals surface area (Å²) in [7, 11) is 1.90. The first kappa shape index (κ1) is 35.9. The number of hydrogen-bond donors (Lipinski definition) is 3. The van der Waals surface area contributed by atoms with Gasteiger partial charge in [0, 0.05) is 62.3 Å². The normalized spacial score (nSPS) is 22.2. The number of fused-ring (bicyclic) bond motifs is 3. The predicted molar refractivity (Wildman–Crippen MR) is 211 cm³/mol. The molecule has 2 aromatic heterocycles. The van der Waals surface area contributed by atoms with Gasteiger partial charge in [0.05, 0.1) is 11.0 Å². The van der Waals surface area contributed by atoms with E-state index < -0.39 is 23.8 Å². The highest BCUT2D eigenvalue weighted by Crippen LogP contribution is 2.36. The Hall–Kier alpha value is -5.73. The fourth-order valence-corrected chi connectivity index (χ4v) is 9.04. The highest BCUT2D eigenvalue weighted by Gasteiger charge is 2.47. The monoisotopic (exact) mass is 754 g/mol. The molecule has 2 atom stereocenters. The highest BCUT2D eigenvalue weighted by molar-refractivity contribution is 6.26. The third-order valence-electron chi connectivity index (χ3n) is 12.1. The molecule has 9 rings (SSSR count). The molecule has 0 radical (unpaired) electrons. The summed E-state index contributed by atoms with van der Waals surface area (Å²) in [5, 5.41) is 14.8. The molecule has 1 aliphatic carbocycles. The number of para-hydroxylation sites is 1. The molecule has 2 unspecified atom stereocenters. The van der Waals surface area contributed by atoms with Gasteiger partial charge in [-0.1, -0.05) is 36.4 Å². The Labute approximate surface area is 325 Å². The molecule has 14 heteroatoms. The van der Waals surface area contributed by atoms with Crippen molar-refractivity contribution in [2.24, 2.45) is 13.0 Å². The Kier molecular flexibility index (Phi) is 9.25. The smallest absolute Gasteiger partial charge is 0.262 e. The number of imide groups is 2. The van der Waals surface area contributed by atoms with Crippen LogP contribution in [0.1, 0.15) is 54.4 Å². The number of rotatable bonds is 8. The third-order valence-corrected chi connectivity index (χ3v) is 12.1. The van der Waals surface area contributed by atoms with Crippen molar-refractivity contribution in [3.8, 4) is 0 Å². The standard InChI is InChI=1S/C42H46N10O4/c1-24-5-4-6-25(2)36(24)46-37-33-21-43-42(47-38(33)49(3)48-37)44-29-8-7-27-15-16-50(23-28(27)19-29)22-26-13-17-51(18-14-26)30-9-10-31-32(20-30)41(56)52(40(31)55)34-11-12-35(53)45-39(34)54/h4-8,10,19-21,26,30,34H,9,11-18,22-23H2,1-3H3,(H,46,48)(H,43,44,47)(H,45,53,54). The molecule has 4 amide bonds. The second kappa shape index (κ2) is 14.4. The Balaban J connectivity index is 0.801. The van der Waals surface area contributed by atoms with Crippen molar-refractivity contribution in [3.05, 3.63) is 88.1 Å². The number of nitrogens with one attached hydrogen (secondary N) is 3. The van der Waals surface area contributed by atoms with E-state index in [1.54, 1.807) is 4.68 Å². The average Bonchev–Trinajstić information content (AvgIpc) is 3.63. The fourth-order valence-electron chi connectivity index (χ4n) is 9.04. The zero-order valence-corrected chi connectivity index (χ0v) is 32.0. The minimum atomic E-state index is -0.943. The van der Waals surface area contributed by atoms with Crippen LogP contribution >= 0.6 is 0 Å². The van der Waals surface area contributed by atoms with Gasteiger partial charge in [-0.3, -0.25) is 39.2 Å². The maximum absolute atomic E-state index is 13.4. The molecule has 288 valence electrons. The molecule has 2 aromatic carbocycles. The number of benzene rings is 2. The van der Waals surface area contributed by atoms with Crippen LogP contribution in [0.2, 0.25) is 0 Å². The Bertz CT molecular complexity index is 2340. The molecule has 5 aliphatic rings. The molecule has 56 heavy (non-hydrogen) atoms. The second-order valence-electron chi connectivity index (χ2n) is 15.8. The summed E-state index contributed by atoms with van der Waals surface area (Å²) in [6, 6.07) is 11.9. The first-order chi connectivity index (χ1) is 27.1. The van der Waals surface area contributed by atoms with Crippen molar-refractivity contribution in [2.45, 2.75) is 71.0 Å². The summed E-state index contributed by atoms with van der Waals surface area (Å²) < 4.78 is 1.78. The molecular formula is C42H46N10O4. The van der Waals surface area contributed by atoms with Crippen LogP contribution in [-0.4, -0.2) is 96.3 Å². The number of hydrogen-bond acceptors (Lipinski definition) is 11. The summed E-state index contributed by atoms with van der Waals surface area (Å²) in [6.45, 7) is 8.96. The van der Waals surface area contributed by atoms with Crippen LogP contribution in [0.15, 0.2) is 65.9 Å². The van der Waals surface area contributed by atoms with Crippen LogP contribution in [0, 0.1) is 19.8 Å². The van der Waals surface area contributed by atoms with Crippen LogP contribution in [0.5, 0.6) is 0 Å². The van der Waals surface area contributed by atoms with Crippen molar-refractivity contribution in [1.29, 1.82) is 0 Å². The topological polar surface area (TPSA) is 158 Å². The molecule has 0 bridgehead atoms. The minimum absolute atomic E-state index is 0.0325. The van der Waals surface area contributed by atoms with Crippen LogP contribution in [0.4, 0.5) is 23.1 Å². The summed E-state index contributed by atoms with van der Waals surface area (Å²) in [5.74, 6) is -0.00436. The summed E-state index contributed by atoms with van der Waals surface area (Å²) in [6.07, 6.45) is 9.66. The zero-order chi connectivity index (χ0) is 38.7. The second-order valence-corrected chi connectivity index (χ2v) is 15.8. The van der Waals surface area contributed by atoms with Crippen molar-refractivity contribution in [1.82, 2.24) is 39.8 Å². The maximum atomic E-state index is 13.4. The molecule has 0 spiro atoms. The van der Waals surface area contributed by atoms with Crippen LogP contribution in [0.25, 0.3) is 11.0 Å². The number of amides is 4. The number of nitrogens with zero attached hydrogens (tertiary/aromatic N) is 7. The van der Waals surface area contributed by atoms with Gasteiger partial charge < -0.3 is 10.6 Å². The van der Waals surface area contributed by atoms with E-state index in [-0.39, 0.29) is 24.8 Å². The Morgan fingerprint density at radius 3 is 2.46 bits per heavy atom. The molecule has 4 aromatic rings. The van der Waals surface area contributed by atoms with Gasteiger partial charge in [-0.25, -0.2) is 9.67 Å². The van der Waals surface area contributed by atoms with E-state index in [0.717, 1.165) is 96.2 Å². The fraction of sp³-hybridized carbons (Fsp3) is 0.405. The number of piperidine rings is 2. The lowest BCUT2D eigenvalue weighted by Crippen LogP contribution is -2.54. The van der Waals surface area contributed by atoms with Gasteiger partial charge in [0.1, 0.15) is 6.04 Å². The van der Waals surface area contributed by atoms with E-state index in [1.807, 2.05) is 25.4 Å². The number of likely N-dealkylation sites (tertiary alicyclic amines) is 2. The van der Waals surface area contributed by atoms with Crippen LogP contribution in [-0.2, 0) is 39.2 Å². The number of carbonyl (C=O) groups excluding carboxylic acids is 4. The minimum Gasteiger partial charge on any atom is -0.338 e. The van der Waals surface area contributed by atoms with Gasteiger partial charge in [-0.15, -0.1) is 0 Å². The van der Waals surface area contributed by atoms with Gasteiger partial charge >= 0.3 is 0 Å². The molecule has 3 fully saturated rings. The maximum Gasteiger partial charge on any atom is 0.262 e. The summed E-state index contributed by atoms with van der Waals surface area (Å²) >= 11 is 0. The average molecular weight is 755 g/mol. The first-order valence-corrected chi connectivity index (χ1v) is 19.6. The van der Waals surface area contributed by atoms with E-state index in [1.165, 1.54) is 11.1 Å². The molecule has 3 saturated heterocycles. The highest BCUT2D eigenvalue weighted by atomic mass is 16.2. The largest absolute Gasteiger partial charge is 0.338 e. The van der Waals surface area contributed by atoms with Crippen molar-refractivity contribution in [2.75, 3.05) is 36.8 Å². The molecule has 6 heterocycles. The van der Waals surface area contributed by atoms with E-state index in [0.29, 0.717) is 29.4 Å². The number of aryl methyl sites for hydroxylation is 3. The van der Waals surface area contributed by atoms with Crippen molar-refractivity contribution >= 4 is 57.8 Å². The third kappa shape index (κ3) is 6.66. The molecule has 3 N–H and O–H groups in total. The van der Waals surface area contributed by atoms with Gasteiger partial charge in [-0.05, 0) is 99.3 Å². The van der Waals surface area contributed by atoms with Gasteiger partial charge in [0.25, 0.3) is 11.8 Å². The predicted octanol–water partition coefficient (Wildman–Crippen LogP) is 4.34. The molecular weight excluding hydrogens is 709 g/mol. The summed E-state index contributed by atoms with van der Waals surface area (Å²) in [5.41, 5.74) is 8.50. The van der Waals surface area contributed by atoms with E-state index in [4.69, 9.17) is 10.1 Å². The Morgan fingerprint density at radius 1 is 0.893 bits per heavy atom. The lowest BCUT2D eigenvalue weighted by molar-refractivity contribution is -0.149. The SMILES string of the molecule is Cc1cccc(C)c1Nc1nn(C)c2nc(Nc3ccc4c(c3)CN(CC3CCN(C5C=C6C(=O)N(C7CCC(=O)NC7=O)C(=O)C6=CC5)CC3)CC4)ncc12. The van der Waals surface area contributed by atoms with Gasteiger partial charge in [0.15, 0.2) is 11.5 Å². The van der Waals surface area contributed by atoms with E-state index >= 15 is 0 Å².